The Labute approximate surface area is 204 Å². The Morgan fingerprint density at radius 3 is 2.91 bits per heavy atom. The summed E-state index contributed by atoms with van der Waals surface area (Å²) in [4.78, 5) is 19.2. The molecular weight excluding hydrogens is 481 g/mol. The highest BCUT2D eigenvalue weighted by molar-refractivity contribution is 6.36. The fourth-order valence-corrected chi connectivity index (χ4v) is 4.60. The van der Waals surface area contributed by atoms with E-state index in [1.807, 2.05) is 6.07 Å². The molecular formula is C22H21Cl2N7O3. The Balaban J connectivity index is 1.28. The van der Waals surface area contributed by atoms with Crippen LogP contribution in [0.1, 0.15) is 22.6 Å². The van der Waals surface area contributed by atoms with E-state index in [0.717, 1.165) is 18.7 Å². The molecule has 1 aliphatic rings. The summed E-state index contributed by atoms with van der Waals surface area (Å²) in [6.07, 6.45) is 2.66. The van der Waals surface area contributed by atoms with Crippen molar-refractivity contribution in [3.63, 3.8) is 0 Å². The van der Waals surface area contributed by atoms with E-state index in [9.17, 15) is 4.79 Å². The molecule has 0 unspecified atom stereocenters. The Morgan fingerprint density at radius 2 is 2.12 bits per heavy atom. The van der Waals surface area contributed by atoms with Gasteiger partial charge in [0.25, 0.3) is 5.91 Å². The summed E-state index contributed by atoms with van der Waals surface area (Å²) in [7, 11) is 0. The van der Waals surface area contributed by atoms with E-state index in [1.54, 1.807) is 35.3 Å². The highest BCUT2D eigenvalue weighted by atomic mass is 35.5. The van der Waals surface area contributed by atoms with Crippen molar-refractivity contribution < 1.29 is 14.4 Å². The van der Waals surface area contributed by atoms with Gasteiger partial charge in [-0.1, -0.05) is 28.4 Å². The monoisotopic (exact) mass is 501 g/mol. The zero-order chi connectivity index (χ0) is 23.8. The lowest BCUT2D eigenvalue weighted by atomic mass is 10.1. The quantitative estimate of drug-likeness (QED) is 0.366. The Bertz CT molecular complexity index is 1370. The first kappa shape index (κ1) is 22.5. The van der Waals surface area contributed by atoms with Crippen LogP contribution in [-0.2, 0) is 6.42 Å². The summed E-state index contributed by atoms with van der Waals surface area (Å²) in [5, 5.41) is 21.6. The normalized spacial score (nSPS) is 15.9. The van der Waals surface area contributed by atoms with Gasteiger partial charge in [-0.05, 0) is 36.8 Å². The number of benzene rings is 2. The van der Waals surface area contributed by atoms with Crippen LogP contribution in [0.5, 0.6) is 0 Å². The van der Waals surface area contributed by atoms with Crippen molar-refractivity contribution in [2.24, 2.45) is 0 Å². The fourth-order valence-electron chi connectivity index (χ4n) is 4.10. The highest BCUT2D eigenvalue weighted by Crippen LogP contribution is 2.36. The SMILES string of the molecule is Nc1noc2c(N3CC[C@@H](NC(=O)c4ccc(-n5cnc(CCO)n5)cc4Cl)C3)ccc(Cl)c12. The van der Waals surface area contributed by atoms with Crippen molar-refractivity contribution >= 4 is 51.6 Å². The van der Waals surface area contributed by atoms with E-state index in [0.29, 0.717) is 51.1 Å². The number of hydrogen-bond donors (Lipinski definition) is 3. The smallest absolute Gasteiger partial charge is 0.253 e. The van der Waals surface area contributed by atoms with E-state index in [2.05, 4.69) is 25.5 Å². The molecule has 0 radical (unpaired) electrons. The van der Waals surface area contributed by atoms with Gasteiger partial charge in [-0.3, -0.25) is 4.79 Å². The molecule has 0 bridgehead atoms. The number of carbonyl (C=O) groups is 1. The molecule has 3 heterocycles. The highest BCUT2D eigenvalue weighted by Gasteiger charge is 2.28. The topological polar surface area (TPSA) is 135 Å². The standard InChI is InChI=1S/C22H21Cl2N7O3/c23-15-3-4-17(20-19(15)21(25)29-34-20)30-7-5-12(10-30)27-22(33)14-2-1-13(9-16(14)24)31-11-26-18(28-31)6-8-32/h1-4,9,11-12,32H,5-8,10H2,(H2,25,29)(H,27,33)/t12-/m1/s1. The molecule has 1 atom stereocenters. The minimum absolute atomic E-state index is 0.0299. The number of anilines is 2. The number of nitrogens with zero attached hydrogens (tertiary/aromatic N) is 5. The van der Waals surface area contributed by atoms with E-state index < -0.39 is 0 Å². The predicted octanol–water partition coefficient (Wildman–Crippen LogP) is 2.84. The third-order valence-electron chi connectivity index (χ3n) is 5.78. The second-order valence-corrected chi connectivity index (χ2v) is 8.80. The number of aliphatic hydroxyl groups excluding tert-OH is 1. The summed E-state index contributed by atoms with van der Waals surface area (Å²) < 4.78 is 6.96. The number of nitrogen functional groups attached to an aromatic ring is 1. The zero-order valence-electron chi connectivity index (χ0n) is 17.9. The molecule has 4 aromatic rings. The molecule has 12 heteroatoms. The third kappa shape index (κ3) is 4.15. The van der Waals surface area contributed by atoms with Crippen molar-refractivity contribution in [1.29, 1.82) is 0 Å². The van der Waals surface area contributed by atoms with E-state index >= 15 is 0 Å². The number of halogens is 2. The van der Waals surface area contributed by atoms with Gasteiger partial charge in [0.2, 0.25) is 0 Å². The minimum atomic E-state index is -0.256. The average Bonchev–Trinajstić information content (AvgIpc) is 3.55. The maximum absolute atomic E-state index is 12.9. The van der Waals surface area contributed by atoms with Gasteiger partial charge in [0, 0.05) is 25.6 Å². The van der Waals surface area contributed by atoms with Crippen molar-refractivity contribution in [3.8, 4) is 5.69 Å². The number of aliphatic hydroxyl groups is 1. The molecule has 34 heavy (non-hydrogen) atoms. The maximum atomic E-state index is 12.9. The molecule has 1 fully saturated rings. The Hall–Kier alpha value is -3.34. The molecule has 1 amide bonds. The first-order valence-electron chi connectivity index (χ1n) is 10.6. The molecule has 0 aliphatic carbocycles. The summed E-state index contributed by atoms with van der Waals surface area (Å²) in [5.74, 6) is 0.518. The van der Waals surface area contributed by atoms with Crippen molar-refractivity contribution in [1.82, 2.24) is 25.2 Å². The summed E-state index contributed by atoms with van der Waals surface area (Å²) in [6.45, 7) is 1.28. The van der Waals surface area contributed by atoms with Crippen LogP contribution in [0.25, 0.3) is 16.7 Å². The maximum Gasteiger partial charge on any atom is 0.253 e. The van der Waals surface area contributed by atoms with Gasteiger partial charge >= 0.3 is 0 Å². The number of carbonyl (C=O) groups excluding carboxylic acids is 1. The lowest BCUT2D eigenvalue weighted by Crippen LogP contribution is -2.37. The van der Waals surface area contributed by atoms with Crippen molar-refractivity contribution in [2.45, 2.75) is 18.9 Å². The molecule has 10 nitrogen and oxygen atoms in total. The van der Waals surface area contributed by atoms with E-state index in [1.165, 1.54) is 0 Å². The van der Waals surface area contributed by atoms with E-state index in [4.69, 9.17) is 38.6 Å². The van der Waals surface area contributed by atoms with Crippen LogP contribution in [0, 0.1) is 0 Å². The Kier molecular flexibility index (Phi) is 6.03. The average molecular weight is 502 g/mol. The molecule has 0 spiro atoms. The van der Waals surface area contributed by atoms with Gasteiger partial charge in [0.15, 0.2) is 17.2 Å². The van der Waals surface area contributed by atoms with Gasteiger partial charge in [0.05, 0.1) is 39.0 Å². The van der Waals surface area contributed by atoms with E-state index in [-0.39, 0.29) is 24.4 Å². The first-order valence-corrected chi connectivity index (χ1v) is 11.4. The van der Waals surface area contributed by atoms with Gasteiger partial charge in [-0.25, -0.2) is 9.67 Å². The summed E-state index contributed by atoms with van der Waals surface area (Å²) in [5.41, 5.74) is 8.29. The van der Waals surface area contributed by atoms with Crippen molar-refractivity contribution in [2.75, 3.05) is 30.3 Å². The van der Waals surface area contributed by atoms with Crippen LogP contribution < -0.4 is 16.0 Å². The second-order valence-electron chi connectivity index (χ2n) is 7.99. The molecule has 176 valence electrons. The van der Waals surface area contributed by atoms with Crippen LogP contribution in [0.2, 0.25) is 10.0 Å². The van der Waals surface area contributed by atoms with Gasteiger partial charge in [-0.15, -0.1) is 0 Å². The minimum Gasteiger partial charge on any atom is -0.396 e. The number of rotatable bonds is 6. The lowest BCUT2D eigenvalue weighted by Gasteiger charge is -2.19. The molecule has 2 aromatic heterocycles. The number of aromatic nitrogens is 4. The van der Waals surface area contributed by atoms with Crippen LogP contribution >= 0.6 is 23.2 Å². The van der Waals surface area contributed by atoms with Crippen LogP contribution in [0.15, 0.2) is 41.2 Å². The summed E-state index contributed by atoms with van der Waals surface area (Å²) in [6, 6.07) is 8.62. The number of amides is 1. The molecule has 0 saturated carbocycles. The number of nitrogens with two attached hydrogens (primary N) is 1. The van der Waals surface area contributed by atoms with Gasteiger partial charge in [0.1, 0.15) is 6.33 Å². The molecule has 5 rings (SSSR count). The Morgan fingerprint density at radius 1 is 1.26 bits per heavy atom. The molecule has 4 N–H and O–H groups in total. The summed E-state index contributed by atoms with van der Waals surface area (Å²) >= 11 is 12.7. The predicted molar refractivity (Wildman–Crippen MR) is 129 cm³/mol. The number of fused-ring (bicyclic) bond motifs is 1. The van der Waals surface area contributed by atoms with Crippen molar-refractivity contribution in [3.05, 3.63) is 58.1 Å². The molecule has 1 saturated heterocycles. The van der Waals surface area contributed by atoms with Crippen LogP contribution in [0.4, 0.5) is 11.5 Å². The van der Waals surface area contributed by atoms with Crippen LogP contribution in [0.3, 0.4) is 0 Å². The molecule has 1 aliphatic heterocycles. The van der Waals surface area contributed by atoms with Crippen LogP contribution in [-0.4, -0.2) is 56.7 Å². The molecule has 2 aromatic carbocycles. The number of nitrogens with one attached hydrogen (secondary N) is 1. The zero-order valence-corrected chi connectivity index (χ0v) is 19.4. The van der Waals surface area contributed by atoms with Gasteiger partial charge < -0.3 is 25.6 Å². The second kappa shape index (κ2) is 9.13. The fraction of sp³-hybridized carbons (Fsp3) is 0.273. The first-order chi connectivity index (χ1) is 16.4. The largest absolute Gasteiger partial charge is 0.396 e. The third-order valence-corrected chi connectivity index (χ3v) is 6.41. The number of hydrogen-bond acceptors (Lipinski definition) is 8. The lowest BCUT2D eigenvalue weighted by molar-refractivity contribution is 0.0940. The van der Waals surface area contributed by atoms with Gasteiger partial charge in [-0.2, -0.15) is 5.10 Å².